The van der Waals surface area contributed by atoms with Crippen LogP contribution in [0.15, 0.2) is 82.8 Å². The van der Waals surface area contributed by atoms with Crippen LogP contribution in [0.25, 0.3) is 0 Å². The number of hydrogen-bond acceptors (Lipinski definition) is 12. The topological polar surface area (TPSA) is 219 Å². The summed E-state index contributed by atoms with van der Waals surface area (Å²) in [7, 11) is 2.83. The van der Waals surface area contributed by atoms with Crippen LogP contribution in [0, 0.1) is 17.3 Å². The highest BCUT2D eigenvalue weighted by atomic mass is 16.6. The molecule has 5 N–H and O–H groups in total. The lowest BCUT2D eigenvalue weighted by molar-refractivity contribution is -0.143. The number of benzene rings is 1. The number of carbonyl (C=O) groups excluding carboxylic acids is 6. The van der Waals surface area contributed by atoms with E-state index < -0.39 is 77.3 Å². The van der Waals surface area contributed by atoms with Gasteiger partial charge in [0.25, 0.3) is 5.91 Å². The van der Waals surface area contributed by atoms with E-state index in [9.17, 15) is 33.9 Å². The van der Waals surface area contributed by atoms with E-state index in [1.54, 1.807) is 78.0 Å². The van der Waals surface area contributed by atoms with Crippen molar-refractivity contribution in [3.05, 3.63) is 88.3 Å². The highest BCUT2D eigenvalue weighted by molar-refractivity contribution is 6.24. The van der Waals surface area contributed by atoms with Crippen LogP contribution in [-0.2, 0) is 44.7 Å². The average molecular weight is 780 g/mol. The maximum atomic E-state index is 13.9. The van der Waals surface area contributed by atoms with Crippen LogP contribution >= 0.6 is 0 Å². The first-order valence-electron chi connectivity index (χ1n) is 18.1. The van der Waals surface area contributed by atoms with Crippen LogP contribution in [-0.4, -0.2) is 79.4 Å². The van der Waals surface area contributed by atoms with Gasteiger partial charge in [-0.05, 0) is 76.6 Å². The summed E-state index contributed by atoms with van der Waals surface area (Å²) in [6, 6.07) is 6.33. The Morgan fingerprint density at radius 2 is 1.68 bits per heavy atom. The summed E-state index contributed by atoms with van der Waals surface area (Å²) in [6.07, 6.45) is 1.57. The van der Waals surface area contributed by atoms with Gasteiger partial charge in [0, 0.05) is 37.4 Å². The van der Waals surface area contributed by atoms with Gasteiger partial charge in [-0.2, -0.15) is 0 Å². The van der Waals surface area contributed by atoms with Crippen molar-refractivity contribution in [1.29, 1.82) is 0 Å². The number of rotatable bonds is 7. The normalized spacial score (nSPS) is 26.8. The number of aliphatic hydroxyl groups is 1. The molecular formula is C41H53N3O12. The molecule has 1 aliphatic heterocycles. The molecule has 15 nitrogen and oxygen atoms in total. The van der Waals surface area contributed by atoms with E-state index >= 15 is 0 Å². The molecule has 3 rings (SSSR count). The molecular weight excluding hydrogens is 726 g/mol. The molecule has 2 aliphatic rings. The molecule has 1 heterocycles. The van der Waals surface area contributed by atoms with E-state index in [1.165, 1.54) is 33.3 Å². The molecule has 1 aromatic rings. The summed E-state index contributed by atoms with van der Waals surface area (Å²) in [5.41, 5.74) is 5.21. The monoisotopic (exact) mass is 779 g/mol. The van der Waals surface area contributed by atoms with Crippen molar-refractivity contribution in [1.82, 2.24) is 10.6 Å². The highest BCUT2D eigenvalue weighted by Gasteiger charge is 2.34. The molecule has 3 amide bonds. The van der Waals surface area contributed by atoms with Gasteiger partial charge in [-0.3, -0.25) is 24.5 Å². The second-order valence-electron chi connectivity index (χ2n) is 14.9. The van der Waals surface area contributed by atoms with E-state index in [0.29, 0.717) is 16.9 Å². The molecule has 0 fully saturated rings. The number of hydrogen-bond donors (Lipinski definition) is 4. The van der Waals surface area contributed by atoms with E-state index in [0.717, 1.165) is 6.08 Å². The van der Waals surface area contributed by atoms with Crippen molar-refractivity contribution < 1.29 is 57.6 Å². The number of alkyl carbamates (subject to hydrolysis) is 1. The molecule has 0 saturated heterocycles. The number of allylic oxidation sites excluding steroid dienone is 4. The molecule has 0 unspecified atom stereocenters. The van der Waals surface area contributed by atoms with Crippen molar-refractivity contribution in [2.45, 2.75) is 92.3 Å². The molecule has 0 spiro atoms. The zero-order chi connectivity index (χ0) is 41.9. The van der Waals surface area contributed by atoms with E-state index in [4.69, 9.17) is 29.4 Å². The fraction of sp³-hybridized carbons (Fsp3) is 0.463. The fourth-order valence-electron chi connectivity index (χ4n) is 5.92. The third kappa shape index (κ3) is 12.6. The Balaban J connectivity index is 1.94. The number of carbonyl (C=O) groups is 6. The van der Waals surface area contributed by atoms with Crippen molar-refractivity contribution in [2.24, 2.45) is 23.0 Å². The third-order valence-corrected chi connectivity index (χ3v) is 9.14. The lowest BCUT2D eigenvalue weighted by atomic mass is 9.85. The van der Waals surface area contributed by atoms with Gasteiger partial charge >= 0.3 is 18.2 Å². The number of methoxy groups -OCH3 is 2. The zero-order valence-corrected chi connectivity index (χ0v) is 33.3. The Labute approximate surface area is 327 Å². The lowest BCUT2D eigenvalue weighted by Gasteiger charge is -2.30. The first kappa shape index (κ1) is 45.0. The quantitative estimate of drug-likeness (QED) is 0.129. The van der Waals surface area contributed by atoms with E-state index in [1.807, 2.05) is 0 Å². The summed E-state index contributed by atoms with van der Waals surface area (Å²) in [6.45, 7) is 11.7. The SMILES string of the molecule is CO[C@@H]1/C=C\C=C(\C)C(=O)NC2=CC(=O)C(NC(=O)OCc3ccc(OC(=O)C(C)(C)C)cc3)=C(C[C@@H](C)C[C@@H](OC)[C@@H](O)[C@@H](C)/C=C(/C)[C@H]1OC(N)=O)C2=O. The lowest BCUT2D eigenvalue weighted by Crippen LogP contribution is -2.38. The number of primary amides is 1. The van der Waals surface area contributed by atoms with E-state index in [-0.39, 0.29) is 42.0 Å². The summed E-state index contributed by atoms with van der Waals surface area (Å²) in [5, 5.41) is 16.3. The second kappa shape index (κ2) is 20.0. The predicted molar refractivity (Wildman–Crippen MR) is 204 cm³/mol. The van der Waals surface area contributed by atoms with E-state index in [2.05, 4.69) is 10.6 Å². The van der Waals surface area contributed by atoms with Crippen molar-refractivity contribution in [2.75, 3.05) is 14.2 Å². The average Bonchev–Trinajstić information content (AvgIpc) is 3.13. The first-order chi connectivity index (χ1) is 26.2. The largest absolute Gasteiger partial charge is 0.444 e. The number of ether oxygens (including phenoxy) is 5. The fourth-order valence-corrected chi connectivity index (χ4v) is 5.92. The number of ketones is 2. The molecule has 1 aromatic carbocycles. The minimum Gasteiger partial charge on any atom is -0.444 e. The first-order valence-corrected chi connectivity index (χ1v) is 18.1. The van der Waals surface area contributed by atoms with Crippen LogP contribution in [0.4, 0.5) is 9.59 Å². The molecule has 0 aromatic heterocycles. The molecule has 1 aliphatic carbocycles. The predicted octanol–water partition coefficient (Wildman–Crippen LogP) is 4.64. The van der Waals surface area contributed by atoms with Gasteiger partial charge in [-0.25, -0.2) is 9.59 Å². The summed E-state index contributed by atoms with van der Waals surface area (Å²) in [5.74, 6) is -3.18. The number of nitrogens with one attached hydrogen (secondary N) is 2. The molecule has 304 valence electrons. The van der Waals surface area contributed by atoms with Crippen molar-refractivity contribution in [3.63, 3.8) is 0 Å². The third-order valence-electron chi connectivity index (χ3n) is 9.14. The highest BCUT2D eigenvalue weighted by Crippen LogP contribution is 2.29. The Kier molecular flexibility index (Phi) is 16.1. The van der Waals surface area contributed by atoms with Crippen LogP contribution in [0.1, 0.15) is 66.9 Å². The standard InChI is InChI=1S/C41H53N3O12/c1-22-17-28-33(44-40(51)54-21-26-13-15-27(16-14-26)55-38(49)41(5,6)7)30(45)20-29(35(28)47)43-37(48)23(2)11-10-12-31(52-8)36(56-39(42)50)25(4)19-24(3)34(46)32(18-22)53-9/h10-16,19-20,22,24,31-32,34,36,46H,17-18,21H2,1-9H3,(H2,42,50)(H,43,48)(H,44,51)/b12-10-,23-11-,25-19-/t22-,24+,31-,32-,34+,36-/m1/s1. The number of esters is 1. The smallest absolute Gasteiger partial charge is 0.412 e. The van der Waals surface area contributed by atoms with Crippen LogP contribution in [0.5, 0.6) is 5.75 Å². The maximum Gasteiger partial charge on any atom is 0.412 e. The summed E-state index contributed by atoms with van der Waals surface area (Å²) < 4.78 is 27.4. The molecule has 15 heteroatoms. The van der Waals surface area contributed by atoms with Crippen molar-refractivity contribution in [3.8, 4) is 5.75 Å². The van der Waals surface area contributed by atoms with Gasteiger partial charge < -0.3 is 39.8 Å². The zero-order valence-electron chi connectivity index (χ0n) is 33.3. The van der Waals surface area contributed by atoms with Gasteiger partial charge in [0.05, 0.1) is 29.0 Å². The number of fused-ring (bicyclic) bond motifs is 2. The minimum atomic E-state index is -1.07. The molecule has 6 atom stereocenters. The number of aliphatic hydroxyl groups excluding tert-OH is 1. The van der Waals surface area contributed by atoms with Gasteiger partial charge in [-0.15, -0.1) is 0 Å². The van der Waals surface area contributed by atoms with Crippen LogP contribution in [0.3, 0.4) is 0 Å². The number of amides is 3. The number of nitrogens with two attached hydrogens (primary N) is 1. The van der Waals surface area contributed by atoms with Gasteiger partial charge in [-0.1, -0.05) is 50.3 Å². The summed E-state index contributed by atoms with van der Waals surface area (Å²) >= 11 is 0. The Hall–Kier alpha value is -5.38. The van der Waals surface area contributed by atoms with Crippen LogP contribution in [0.2, 0.25) is 0 Å². The molecule has 56 heavy (non-hydrogen) atoms. The van der Waals surface area contributed by atoms with Crippen LogP contribution < -0.4 is 21.1 Å². The molecule has 0 saturated carbocycles. The van der Waals surface area contributed by atoms with Gasteiger partial charge in [0.2, 0.25) is 11.6 Å². The summed E-state index contributed by atoms with van der Waals surface area (Å²) in [4.78, 5) is 77.8. The second-order valence-corrected chi connectivity index (χ2v) is 14.9. The van der Waals surface area contributed by atoms with Gasteiger partial charge in [0.1, 0.15) is 18.5 Å². The Morgan fingerprint density at radius 3 is 2.27 bits per heavy atom. The molecule has 2 bridgehead atoms. The minimum absolute atomic E-state index is 0.0560. The maximum absolute atomic E-state index is 13.9. The van der Waals surface area contributed by atoms with Crippen molar-refractivity contribution >= 4 is 35.6 Å². The Bertz CT molecular complexity index is 1820. The molecule has 0 radical (unpaired) electrons. The van der Waals surface area contributed by atoms with Gasteiger partial charge in [0.15, 0.2) is 6.10 Å². The Morgan fingerprint density at radius 1 is 1.02 bits per heavy atom. The number of Topliss-reactive ketones (excluding diaryl/α,β-unsaturated/α-hetero) is 1.